The van der Waals surface area contributed by atoms with Gasteiger partial charge in [0.15, 0.2) is 9.84 Å². The minimum absolute atomic E-state index is 0.0887. The fourth-order valence-corrected chi connectivity index (χ4v) is 4.29. The molecule has 0 bridgehead atoms. The van der Waals surface area contributed by atoms with E-state index in [9.17, 15) is 22.4 Å². The van der Waals surface area contributed by atoms with Gasteiger partial charge in [0.25, 0.3) is 0 Å². The molecule has 1 aliphatic rings. The predicted molar refractivity (Wildman–Crippen MR) is 91.6 cm³/mol. The number of esters is 2. The minimum Gasteiger partial charge on any atom is -0.466 e. The van der Waals surface area contributed by atoms with Gasteiger partial charge in [0, 0.05) is 10.7 Å². The van der Waals surface area contributed by atoms with Crippen LogP contribution in [-0.4, -0.2) is 54.2 Å². The van der Waals surface area contributed by atoms with E-state index in [0.717, 1.165) is 31.4 Å². The van der Waals surface area contributed by atoms with Crippen molar-refractivity contribution in [2.24, 2.45) is 0 Å². The molecule has 0 saturated heterocycles. The molecule has 0 spiro atoms. The molecule has 1 aromatic rings. The standard InChI is InChI=1S/C15H15BrFNO7S/c1-23-14(19)8-6-25-7-18(13(8)15(20)24-2)11-4-9(16)12(5-10(11)17)26(3,21)22/h4-5H,6-7H2,1-3H3. The lowest BCUT2D eigenvalue weighted by atomic mass is 10.1. The highest BCUT2D eigenvalue weighted by molar-refractivity contribution is 9.10. The number of anilines is 1. The Morgan fingerprint density at radius 1 is 1.23 bits per heavy atom. The molecule has 1 aromatic carbocycles. The summed E-state index contributed by atoms with van der Waals surface area (Å²) in [4.78, 5) is 24.9. The SMILES string of the molecule is COC(=O)C1=C(C(=O)OC)N(c2cc(Br)c(S(C)(=O)=O)cc2F)COC1. The highest BCUT2D eigenvalue weighted by atomic mass is 79.9. The molecule has 0 radical (unpaired) electrons. The lowest BCUT2D eigenvalue weighted by Gasteiger charge is -2.31. The second-order valence-electron chi connectivity index (χ2n) is 5.22. The molecular weight excluding hydrogens is 437 g/mol. The lowest BCUT2D eigenvalue weighted by molar-refractivity contribution is -0.140. The number of methoxy groups -OCH3 is 2. The molecular formula is C15H15BrFNO7S. The Morgan fingerprint density at radius 2 is 1.85 bits per heavy atom. The maximum absolute atomic E-state index is 14.6. The zero-order chi connectivity index (χ0) is 19.6. The van der Waals surface area contributed by atoms with Gasteiger partial charge >= 0.3 is 11.9 Å². The van der Waals surface area contributed by atoms with Crippen LogP contribution in [0.3, 0.4) is 0 Å². The first-order valence-electron chi connectivity index (χ1n) is 7.06. The van der Waals surface area contributed by atoms with Crippen molar-refractivity contribution in [1.82, 2.24) is 0 Å². The largest absolute Gasteiger partial charge is 0.466 e. The van der Waals surface area contributed by atoms with Crippen molar-refractivity contribution in [3.8, 4) is 0 Å². The molecule has 2 rings (SSSR count). The second kappa shape index (κ2) is 7.72. The van der Waals surface area contributed by atoms with Gasteiger partial charge in [-0.15, -0.1) is 0 Å². The van der Waals surface area contributed by atoms with Gasteiger partial charge in [-0.05, 0) is 28.1 Å². The molecule has 26 heavy (non-hydrogen) atoms. The summed E-state index contributed by atoms with van der Waals surface area (Å²) in [6.07, 6.45) is 0.936. The Labute approximate surface area is 157 Å². The van der Waals surface area contributed by atoms with Gasteiger partial charge in [0.05, 0.1) is 37.0 Å². The summed E-state index contributed by atoms with van der Waals surface area (Å²) in [5.41, 5.74) is -0.567. The van der Waals surface area contributed by atoms with Crippen LogP contribution in [0.25, 0.3) is 0 Å². The lowest BCUT2D eigenvalue weighted by Crippen LogP contribution is -2.39. The zero-order valence-electron chi connectivity index (χ0n) is 14.0. The molecule has 1 heterocycles. The number of nitrogens with zero attached hydrogens (tertiary/aromatic N) is 1. The summed E-state index contributed by atoms with van der Waals surface area (Å²) in [5, 5.41) is 0. The Bertz CT molecular complexity index is 898. The van der Waals surface area contributed by atoms with E-state index in [2.05, 4.69) is 25.4 Å². The van der Waals surface area contributed by atoms with Crippen LogP contribution in [0.5, 0.6) is 0 Å². The number of ether oxygens (including phenoxy) is 3. The van der Waals surface area contributed by atoms with Gasteiger partial charge in [0.2, 0.25) is 0 Å². The Morgan fingerprint density at radius 3 is 2.38 bits per heavy atom. The molecule has 0 N–H and O–H groups in total. The third-order valence-corrected chi connectivity index (χ3v) is 5.58. The van der Waals surface area contributed by atoms with Crippen LogP contribution in [0.2, 0.25) is 0 Å². The second-order valence-corrected chi connectivity index (χ2v) is 8.06. The van der Waals surface area contributed by atoms with Crippen molar-refractivity contribution < 1.29 is 36.6 Å². The third kappa shape index (κ3) is 3.89. The van der Waals surface area contributed by atoms with Gasteiger partial charge in [-0.2, -0.15) is 0 Å². The fourth-order valence-electron chi connectivity index (χ4n) is 2.34. The summed E-state index contributed by atoms with van der Waals surface area (Å²) in [6, 6.07) is 1.99. The zero-order valence-corrected chi connectivity index (χ0v) is 16.4. The molecule has 8 nitrogen and oxygen atoms in total. The molecule has 0 saturated carbocycles. The van der Waals surface area contributed by atoms with Crippen molar-refractivity contribution in [2.45, 2.75) is 4.90 Å². The summed E-state index contributed by atoms with van der Waals surface area (Å²) in [7, 11) is -1.45. The topological polar surface area (TPSA) is 99.2 Å². The Balaban J connectivity index is 2.67. The fraction of sp³-hybridized carbons (Fsp3) is 0.333. The smallest absolute Gasteiger partial charge is 0.355 e. The molecule has 142 valence electrons. The number of carbonyl (C=O) groups is 2. The number of halogens is 2. The predicted octanol–water partition coefficient (Wildman–Crippen LogP) is 1.39. The maximum atomic E-state index is 14.6. The third-order valence-electron chi connectivity index (χ3n) is 3.52. The van der Waals surface area contributed by atoms with Crippen molar-refractivity contribution in [3.63, 3.8) is 0 Å². The highest BCUT2D eigenvalue weighted by Gasteiger charge is 2.34. The summed E-state index contributed by atoms with van der Waals surface area (Å²) < 4.78 is 52.7. The van der Waals surface area contributed by atoms with Gasteiger partial charge in [0.1, 0.15) is 18.2 Å². The molecule has 0 atom stereocenters. The molecule has 1 aliphatic heterocycles. The van der Waals surface area contributed by atoms with E-state index in [1.807, 2.05) is 0 Å². The van der Waals surface area contributed by atoms with E-state index in [4.69, 9.17) is 4.74 Å². The first-order chi connectivity index (χ1) is 12.1. The maximum Gasteiger partial charge on any atom is 0.355 e. The molecule has 0 aliphatic carbocycles. The van der Waals surface area contributed by atoms with E-state index in [1.54, 1.807) is 0 Å². The van der Waals surface area contributed by atoms with Gasteiger partial charge < -0.3 is 19.1 Å². The van der Waals surface area contributed by atoms with Gasteiger partial charge in [-0.1, -0.05) is 0 Å². The first kappa shape index (κ1) is 20.3. The van der Waals surface area contributed by atoms with E-state index in [-0.39, 0.29) is 39.7 Å². The quantitative estimate of drug-likeness (QED) is 0.633. The van der Waals surface area contributed by atoms with E-state index in [0.29, 0.717) is 0 Å². The Hall–Kier alpha value is -1.98. The first-order valence-corrected chi connectivity index (χ1v) is 9.74. The van der Waals surface area contributed by atoms with Crippen molar-refractivity contribution in [2.75, 3.05) is 38.7 Å². The van der Waals surface area contributed by atoms with E-state index < -0.39 is 27.6 Å². The molecule has 0 unspecified atom stereocenters. The monoisotopic (exact) mass is 451 g/mol. The Kier molecular flexibility index (Phi) is 6.04. The summed E-state index contributed by atoms with van der Waals surface area (Å²) in [5.74, 6) is -2.65. The van der Waals surface area contributed by atoms with Crippen LogP contribution in [-0.2, 0) is 33.6 Å². The summed E-state index contributed by atoms with van der Waals surface area (Å²) >= 11 is 3.08. The summed E-state index contributed by atoms with van der Waals surface area (Å²) in [6.45, 7) is -0.482. The number of sulfone groups is 1. The average Bonchev–Trinajstić information content (AvgIpc) is 2.60. The van der Waals surface area contributed by atoms with Crippen LogP contribution < -0.4 is 4.90 Å². The van der Waals surface area contributed by atoms with E-state index >= 15 is 0 Å². The van der Waals surface area contributed by atoms with Crippen LogP contribution in [0, 0.1) is 5.82 Å². The molecule has 0 aromatic heterocycles. The number of rotatable bonds is 4. The van der Waals surface area contributed by atoms with Crippen LogP contribution in [0.1, 0.15) is 0 Å². The number of hydrogen-bond donors (Lipinski definition) is 0. The van der Waals surface area contributed by atoms with Gasteiger partial charge in [-0.25, -0.2) is 22.4 Å². The van der Waals surface area contributed by atoms with Crippen LogP contribution in [0.15, 0.2) is 32.8 Å². The van der Waals surface area contributed by atoms with Gasteiger partial charge in [-0.3, -0.25) is 0 Å². The van der Waals surface area contributed by atoms with Crippen molar-refractivity contribution >= 4 is 43.4 Å². The normalized spacial score (nSPS) is 15.0. The number of benzene rings is 1. The van der Waals surface area contributed by atoms with Crippen molar-refractivity contribution in [3.05, 3.63) is 33.7 Å². The average molecular weight is 452 g/mol. The molecule has 0 fully saturated rings. The van der Waals surface area contributed by atoms with Crippen LogP contribution in [0.4, 0.5) is 10.1 Å². The van der Waals surface area contributed by atoms with Crippen LogP contribution >= 0.6 is 15.9 Å². The number of carbonyl (C=O) groups excluding carboxylic acids is 2. The molecule has 11 heteroatoms. The molecule has 0 amide bonds. The van der Waals surface area contributed by atoms with E-state index in [1.165, 1.54) is 6.07 Å². The highest BCUT2D eigenvalue weighted by Crippen LogP contribution is 2.34. The number of hydrogen-bond acceptors (Lipinski definition) is 8. The van der Waals surface area contributed by atoms with Crippen molar-refractivity contribution in [1.29, 1.82) is 0 Å². The minimum atomic E-state index is -3.68.